The number of carboxylic acids is 1. The smallest absolute Gasteiger partial charge is 0.323 e. The number of rotatable bonds is 4. The van der Waals surface area contributed by atoms with E-state index in [-0.39, 0.29) is 0 Å². The normalized spacial score (nSPS) is 24.3. The third-order valence-electron chi connectivity index (χ3n) is 4.10. The molecule has 0 amide bonds. The molecule has 3 nitrogen and oxygen atoms in total. The van der Waals surface area contributed by atoms with Gasteiger partial charge in [0.25, 0.3) is 0 Å². The van der Waals surface area contributed by atoms with Gasteiger partial charge in [-0.25, -0.2) is 0 Å². The van der Waals surface area contributed by atoms with Crippen LogP contribution in [0, 0.1) is 0 Å². The Kier molecular flexibility index (Phi) is 3.08. The van der Waals surface area contributed by atoms with E-state index in [0.717, 1.165) is 31.6 Å². The summed E-state index contributed by atoms with van der Waals surface area (Å²) < 4.78 is 0. The topological polar surface area (TPSA) is 49.3 Å². The van der Waals surface area contributed by atoms with Gasteiger partial charge in [0.2, 0.25) is 0 Å². The average Bonchev–Trinajstić information content (AvgIpc) is 2.71. The van der Waals surface area contributed by atoms with Crippen molar-refractivity contribution in [1.29, 1.82) is 0 Å². The largest absolute Gasteiger partial charge is 0.480 e. The van der Waals surface area contributed by atoms with Gasteiger partial charge in [-0.3, -0.25) is 4.79 Å². The molecule has 1 unspecified atom stereocenters. The molecule has 1 saturated carbocycles. The summed E-state index contributed by atoms with van der Waals surface area (Å²) in [6.07, 6.45) is 2.56. The molecular weight excluding hydrogens is 246 g/mol. The highest BCUT2D eigenvalue weighted by atomic mass is 32.2. The Morgan fingerprint density at radius 3 is 2.89 bits per heavy atom. The Labute approximate surface area is 111 Å². The fraction of sp³-hybridized carbons (Fsp3) is 0.500. The van der Waals surface area contributed by atoms with Crippen LogP contribution in [0.25, 0.3) is 0 Å². The van der Waals surface area contributed by atoms with Gasteiger partial charge >= 0.3 is 5.97 Å². The van der Waals surface area contributed by atoms with Gasteiger partial charge in [0.1, 0.15) is 5.54 Å². The molecule has 3 rings (SSSR count). The van der Waals surface area contributed by atoms with Crippen LogP contribution < -0.4 is 5.32 Å². The first kappa shape index (κ1) is 12.1. The minimum atomic E-state index is -0.687. The van der Waals surface area contributed by atoms with Gasteiger partial charge in [-0.2, -0.15) is 0 Å². The predicted molar refractivity (Wildman–Crippen MR) is 72.1 cm³/mol. The zero-order valence-corrected chi connectivity index (χ0v) is 11.0. The first-order chi connectivity index (χ1) is 8.71. The number of thioether (sulfide) groups is 1. The highest BCUT2D eigenvalue weighted by Gasteiger charge is 2.44. The van der Waals surface area contributed by atoms with E-state index in [1.54, 1.807) is 0 Å². The van der Waals surface area contributed by atoms with Gasteiger partial charge in [-0.15, -0.1) is 11.8 Å². The van der Waals surface area contributed by atoms with E-state index in [9.17, 15) is 9.90 Å². The Hall–Kier alpha value is -1.00. The summed E-state index contributed by atoms with van der Waals surface area (Å²) in [5, 5.41) is 12.6. The summed E-state index contributed by atoms with van der Waals surface area (Å²) in [7, 11) is 0. The first-order valence-electron chi connectivity index (χ1n) is 6.41. The van der Waals surface area contributed by atoms with Crippen molar-refractivity contribution in [1.82, 2.24) is 5.32 Å². The molecule has 1 heterocycles. The Balaban J connectivity index is 1.67. The van der Waals surface area contributed by atoms with Crippen molar-refractivity contribution in [3.63, 3.8) is 0 Å². The molecule has 1 aromatic rings. The quantitative estimate of drug-likeness (QED) is 0.876. The molecule has 1 aliphatic carbocycles. The molecule has 1 aromatic carbocycles. The van der Waals surface area contributed by atoms with E-state index in [0.29, 0.717) is 5.92 Å². The highest BCUT2D eigenvalue weighted by Crippen LogP contribution is 2.40. The molecule has 1 atom stereocenters. The second-order valence-electron chi connectivity index (χ2n) is 5.17. The summed E-state index contributed by atoms with van der Waals surface area (Å²) in [6.45, 7) is 0.774. The number of aliphatic carboxylic acids is 1. The molecule has 4 heteroatoms. The van der Waals surface area contributed by atoms with Crippen molar-refractivity contribution >= 4 is 17.7 Å². The maximum atomic E-state index is 11.3. The van der Waals surface area contributed by atoms with Crippen LogP contribution in [-0.2, 0) is 4.79 Å². The lowest BCUT2D eigenvalue weighted by Gasteiger charge is -2.39. The predicted octanol–water partition coefficient (Wildman–Crippen LogP) is 2.47. The Bertz CT molecular complexity index is 471. The van der Waals surface area contributed by atoms with E-state index >= 15 is 0 Å². The summed E-state index contributed by atoms with van der Waals surface area (Å²) in [5.41, 5.74) is 0.734. The SMILES string of the molecule is O=C(O)C1(NCC2CSc3ccccc32)CCC1. The van der Waals surface area contributed by atoms with Crippen LogP contribution in [0.1, 0.15) is 30.7 Å². The zero-order valence-electron chi connectivity index (χ0n) is 10.2. The summed E-state index contributed by atoms with van der Waals surface area (Å²) >= 11 is 1.87. The van der Waals surface area contributed by atoms with Crippen LogP contribution in [0.5, 0.6) is 0 Å². The van der Waals surface area contributed by atoms with Gasteiger partial charge in [-0.1, -0.05) is 18.2 Å². The monoisotopic (exact) mass is 263 g/mol. The number of fused-ring (bicyclic) bond motifs is 1. The molecular formula is C14H17NO2S. The van der Waals surface area contributed by atoms with Crippen molar-refractivity contribution in [3.05, 3.63) is 29.8 Å². The second-order valence-corrected chi connectivity index (χ2v) is 6.23. The van der Waals surface area contributed by atoms with Crippen LogP contribution in [0.15, 0.2) is 29.2 Å². The Morgan fingerprint density at radius 2 is 2.22 bits per heavy atom. The molecule has 0 radical (unpaired) electrons. The van der Waals surface area contributed by atoms with Crippen molar-refractivity contribution in [2.45, 2.75) is 35.6 Å². The van der Waals surface area contributed by atoms with Gasteiger partial charge < -0.3 is 10.4 Å². The molecule has 0 aromatic heterocycles. The minimum Gasteiger partial charge on any atom is -0.480 e. The summed E-state index contributed by atoms with van der Waals surface area (Å²) in [4.78, 5) is 12.6. The van der Waals surface area contributed by atoms with E-state index in [2.05, 4.69) is 29.6 Å². The molecule has 1 fully saturated rings. The molecule has 18 heavy (non-hydrogen) atoms. The van der Waals surface area contributed by atoms with Gasteiger partial charge in [0, 0.05) is 23.1 Å². The third-order valence-corrected chi connectivity index (χ3v) is 5.35. The fourth-order valence-electron chi connectivity index (χ4n) is 2.71. The molecule has 2 N–H and O–H groups in total. The van der Waals surface area contributed by atoms with Crippen LogP contribution in [0.2, 0.25) is 0 Å². The molecule has 2 aliphatic rings. The lowest BCUT2D eigenvalue weighted by atomic mass is 9.76. The highest BCUT2D eigenvalue weighted by molar-refractivity contribution is 7.99. The van der Waals surface area contributed by atoms with E-state index in [4.69, 9.17) is 0 Å². The van der Waals surface area contributed by atoms with Crippen LogP contribution >= 0.6 is 11.8 Å². The van der Waals surface area contributed by atoms with Crippen molar-refractivity contribution < 1.29 is 9.90 Å². The number of hydrogen-bond acceptors (Lipinski definition) is 3. The Morgan fingerprint density at radius 1 is 1.44 bits per heavy atom. The van der Waals surface area contributed by atoms with Gasteiger partial charge in [0.05, 0.1) is 0 Å². The maximum absolute atomic E-state index is 11.3. The summed E-state index contributed by atoms with van der Waals surface area (Å²) in [6, 6.07) is 8.44. The standard InChI is InChI=1S/C14H17NO2S/c16-13(17)14(6-3-7-14)15-8-10-9-18-12-5-2-1-4-11(10)12/h1-2,4-5,10,15H,3,6-9H2,(H,16,17). The first-order valence-corrected chi connectivity index (χ1v) is 7.40. The van der Waals surface area contributed by atoms with Crippen molar-refractivity contribution in [3.8, 4) is 0 Å². The number of benzene rings is 1. The fourth-order valence-corrected chi connectivity index (χ4v) is 3.97. The van der Waals surface area contributed by atoms with Crippen LogP contribution in [0.3, 0.4) is 0 Å². The average molecular weight is 263 g/mol. The lowest BCUT2D eigenvalue weighted by Crippen LogP contribution is -2.58. The third kappa shape index (κ3) is 1.93. The maximum Gasteiger partial charge on any atom is 0.323 e. The number of carbonyl (C=O) groups is 1. The molecule has 0 bridgehead atoms. The van der Waals surface area contributed by atoms with Crippen molar-refractivity contribution in [2.75, 3.05) is 12.3 Å². The van der Waals surface area contributed by atoms with Gasteiger partial charge in [0.15, 0.2) is 0 Å². The van der Waals surface area contributed by atoms with Gasteiger partial charge in [-0.05, 0) is 30.9 Å². The van der Waals surface area contributed by atoms with E-state index in [1.807, 2.05) is 11.8 Å². The molecule has 0 saturated heterocycles. The molecule has 1 aliphatic heterocycles. The molecule has 96 valence electrons. The minimum absolute atomic E-state index is 0.447. The van der Waals surface area contributed by atoms with Crippen LogP contribution in [0.4, 0.5) is 0 Å². The summed E-state index contributed by atoms with van der Waals surface area (Å²) in [5.74, 6) is 0.818. The second kappa shape index (κ2) is 4.59. The molecule has 0 spiro atoms. The van der Waals surface area contributed by atoms with E-state index < -0.39 is 11.5 Å². The van der Waals surface area contributed by atoms with Crippen LogP contribution in [-0.4, -0.2) is 28.9 Å². The number of hydrogen-bond donors (Lipinski definition) is 2. The van der Waals surface area contributed by atoms with Crippen molar-refractivity contribution in [2.24, 2.45) is 0 Å². The zero-order chi connectivity index (χ0) is 12.6. The number of carboxylic acid groups (broad SMARTS) is 1. The number of nitrogens with one attached hydrogen (secondary N) is 1. The lowest BCUT2D eigenvalue weighted by molar-refractivity contribution is -0.148. The van der Waals surface area contributed by atoms with E-state index in [1.165, 1.54) is 10.5 Å².